The van der Waals surface area contributed by atoms with Gasteiger partial charge in [0.25, 0.3) is 5.56 Å². The standard InChI is InChI=1S/C19H15FN4O2S/c1-23-17-14(10-21-23)18(26)24(15-7-2-3-8-16(15)25)19(22-17)27-11-12-5-4-6-13(20)9-12/h2-10,25H,11H2,1H3. The molecule has 6 nitrogen and oxygen atoms in total. The number of halogens is 1. The summed E-state index contributed by atoms with van der Waals surface area (Å²) in [6.07, 6.45) is 1.46. The first-order valence-electron chi connectivity index (χ1n) is 8.15. The molecule has 1 N–H and O–H groups in total. The van der Waals surface area contributed by atoms with Crippen molar-refractivity contribution in [3.8, 4) is 11.4 Å². The predicted molar refractivity (Wildman–Crippen MR) is 102 cm³/mol. The molecule has 0 aliphatic carbocycles. The van der Waals surface area contributed by atoms with Crippen LogP contribution in [0.2, 0.25) is 0 Å². The molecule has 2 aromatic carbocycles. The molecular weight excluding hydrogens is 367 g/mol. The summed E-state index contributed by atoms with van der Waals surface area (Å²) in [5.74, 6) is 0.0692. The van der Waals surface area contributed by atoms with E-state index in [1.165, 1.54) is 45.4 Å². The van der Waals surface area contributed by atoms with E-state index >= 15 is 0 Å². The molecule has 0 spiro atoms. The zero-order chi connectivity index (χ0) is 19.0. The number of aromatic nitrogens is 4. The van der Waals surface area contributed by atoms with Crippen molar-refractivity contribution in [3.05, 3.63) is 76.5 Å². The quantitative estimate of drug-likeness (QED) is 0.433. The summed E-state index contributed by atoms with van der Waals surface area (Å²) >= 11 is 1.29. The van der Waals surface area contributed by atoms with Crippen molar-refractivity contribution in [2.75, 3.05) is 0 Å². The van der Waals surface area contributed by atoms with Crippen molar-refractivity contribution in [2.45, 2.75) is 10.9 Å². The van der Waals surface area contributed by atoms with Crippen molar-refractivity contribution in [3.63, 3.8) is 0 Å². The summed E-state index contributed by atoms with van der Waals surface area (Å²) in [5.41, 5.74) is 1.23. The van der Waals surface area contributed by atoms with Crippen LogP contribution >= 0.6 is 11.8 Å². The molecule has 2 heterocycles. The van der Waals surface area contributed by atoms with Crippen molar-refractivity contribution < 1.29 is 9.50 Å². The Hall–Kier alpha value is -3.13. The van der Waals surface area contributed by atoms with Gasteiger partial charge in [0.1, 0.15) is 17.0 Å². The molecule has 0 aliphatic heterocycles. The molecule has 0 aliphatic rings. The number of aromatic hydroxyl groups is 1. The lowest BCUT2D eigenvalue weighted by molar-refractivity contribution is 0.470. The summed E-state index contributed by atoms with van der Waals surface area (Å²) in [5, 5.41) is 15.1. The van der Waals surface area contributed by atoms with Crippen LogP contribution in [0.4, 0.5) is 4.39 Å². The normalized spacial score (nSPS) is 11.2. The maximum atomic E-state index is 13.4. The summed E-state index contributed by atoms with van der Waals surface area (Å²) in [6, 6.07) is 12.8. The average molecular weight is 382 g/mol. The number of fused-ring (bicyclic) bond motifs is 1. The highest BCUT2D eigenvalue weighted by Crippen LogP contribution is 2.28. The fourth-order valence-electron chi connectivity index (χ4n) is 2.80. The third kappa shape index (κ3) is 3.19. The Bertz CT molecular complexity index is 1200. The van der Waals surface area contributed by atoms with Crippen LogP contribution in [0.3, 0.4) is 0 Å². The van der Waals surface area contributed by atoms with E-state index in [0.29, 0.717) is 27.6 Å². The van der Waals surface area contributed by atoms with Gasteiger partial charge in [-0.15, -0.1) is 0 Å². The van der Waals surface area contributed by atoms with Gasteiger partial charge in [-0.3, -0.25) is 14.0 Å². The van der Waals surface area contributed by atoms with Gasteiger partial charge in [-0.2, -0.15) is 5.10 Å². The number of phenolic OH excluding ortho intramolecular Hbond substituents is 1. The Morgan fingerprint density at radius 1 is 1.19 bits per heavy atom. The predicted octanol–water partition coefficient (Wildman–Crippen LogP) is 3.26. The molecule has 0 unspecified atom stereocenters. The van der Waals surface area contributed by atoms with Crippen LogP contribution in [0.15, 0.2) is 64.7 Å². The molecule has 136 valence electrons. The maximum absolute atomic E-state index is 13.4. The molecule has 0 bridgehead atoms. The second kappa shape index (κ2) is 6.88. The highest BCUT2D eigenvalue weighted by molar-refractivity contribution is 7.98. The zero-order valence-corrected chi connectivity index (χ0v) is 15.2. The van der Waals surface area contributed by atoms with Gasteiger partial charge in [0.15, 0.2) is 10.8 Å². The molecule has 4 aromatic rings. The molecule has 2 aromatic heterocycles. The van der Waals surface area contributed by atoms with Crippen LogP contribution in [0.5, 0.6) is 5.75 Å². The van der Waals surface area contributed by atoms with E-state index in [9.17, 15) is 14.3 Å². The maximum Gasteiger partial charge on any atom is 0.270 e. The zero-order valence-electron chi connectivity index (χ0n) is 14.3. The van der Waals surface area contributed by atoms with Gasteiger partial charge in [0.2, 0.25) is 0 Å². The van der Waals surface area contributed by atoms with Crippen LogP contribution < -0.4 is 5.56 Å². The van der Waals surface area contributed by atoms with E-state index in [4.69, 9.17) is 0 Å². The van der Waals surface area contributed by atoms with E-state index in [0.717, 1.165) is 5.56 Å². The van der Waals surface area contributed by atoms with Gasteiger partial charge in [-0.1, -0.05) is 36.0 Å². The van der Waals surface area contributed by atoms with Gasteiger partial charge < -0.3 is 5.11 Å². The molecule has 4 rings (SSSR count). The summed E-state index contributed by atoms with van der Waals surface area (Å²) in [7, 11) is 1.71. The molecule has 8 heteroatoms. The monoisotopic (exact) mass is 382 g/mol. The third-order valence-corrected chi connectivity index (χ3v) is 5.12. The number of phenols is 1. The van der Waals surface area contributed by atoms with Crippen LogP contribution in [-0.4, -0.2) is 24.4 Å². The highest BCUT2D eigenvalue weighted by atomic mass is 32.2. The second-order valence-corrected chi connectivity index (χ2v) is 6.89. The minimum absolute atomic E-state index is 0.0303. The Kier molecular flexibility index (Phi) is 4.41. The first kappa shape index (κ1) is 17.3. The van der Waals surface area contributed by atoms with E-state index in [1.54, 1.807) is 37.4 Å². The largest absolute Gasteiger partial charge is 0.506 e. The van der Waals surface area contributed by atoms with Gasteiger partial charge in [-0.05, 0) is 29.8 Å². The number of hydrogen-bond acceptors (Lipinski definition) is 5. The summed E-state index contributed by atoms with van der Waals surface area (Å²) < 4.78 is 16.3. The van der Waals surface area contributed by atoms with Crippen molar-refractivity contribution in [2.24, 2.45) is 7.05 Å². The molecular formula is C19H15FN4O2S. The van der Waals surface area contributed by atoms with Crippen LogP contribution in [0.1, 0.15) is 5.56 Å². The number of thioether (sulfide) groups is 1. The lowest BCUT2D eigenvalue weighted by Crippen LogP contribution is -2.21. The fourth-order valence-corrected chi connectivity index (χ4v) is 3.74. The number of aryl methyl sites for hydroxylation is 1. The number of hydrogen-bond donors (Lipinski definition) is 1. The topological polar surface area (TPSA) is 72.9 Å². The first-order valence-corrected chi connectivity index (χ1v) is 9.13. The lowest BCUT2D eigenvalue weighted by Gasteiger charge is -2.13. The van der Waals surface area contributed by atoms with Gasteiger partial charge >= 0.3 is 0 Å². The Morgan fingerprint density at radius 3 is 2.78 bits per heavy atom. The van der Waals surface area contributed by atoms with E-state index in [1.807, 2.05) is 0 Å². The molecule has 0 fully saturated rings. The van der Waals surface area contributed by atoms with Crippen LogP contribution in [0.25, 0.3) is 16.7 Å². The fraction of sp³-hybridized carbons (Fsp3) is 0.105. The van der Waals surface area contributed by atoms with Crippen LogP contribution in [0, 0.1) is 5.82 Å². The smallest absolute Gasteiger partial charge is 0.270 e. The Morgan fingerprint density at radius 2 is 2.00 bits per heavy atom. The number of para-hydroxylation sites is 2. The number of nitrogens with zero attached hydrogens (tertiary/aromatic N) is 4. The van der Waals surface area contributed by atoms with Crippen molar-refractivity contribution >= 4 is 22.8 Å². The number of rotatable bonds is 4. The molecule has 0 radical (unpaired) electrons. The Balaban J connectivity index is 1.87. The van der Waals surface area contributed by atoms with Crippen molar-refractivity contribution in [1.82, 2.24) is 19.3 Å². The third-order valence-electron chi connectivity index (χ3n) is 4.11. The first-order chi connectivity index (χ1) is 13.0. The Labute approximate surface area is 157 Å². The second-order valence-electron chi connectivity index (χ2n) is 5.95. The molecule has 0 amide bonds. The molecule has 0 saturated heterocycles. The number of benzene rings is 2. The lowest BCUT2D eigenvalue weighted by atomic mass is 10.2. The van der Waals surface area contributed by atoms with Gasteiger partial charge in [-0.25, -0.2) is 9.37 Å². The molecule has 0 saturated carbocycles. The van der Waals surface area contributed by atoms with E-state index < -0.39 is 0 Å². The molecule has 0 atom stereocenters. The van der Waals surface area contributed by atoms with E-state index in [-0.39, 0.29) is 17.1 Å². The minimum Gasteiger partial charge on any atom is -0.506 e. The average Bonchev–Trinajstić information content (AvgIpc) is 3.02. The highest BCUT2D eigenvalue weighted by Gasteiger charge is 2.18. The summed E-state index contributed by atoms with van der Waals surface area (Å²) in [4.78, 5) is 17.6. The molecule has 27 heavy (non-hydrogen) atoms. The van der Waals surface area contributed by atoms with Gasteiger partial charge in [0, 0.05) is 12.8 Å². The summed E-state index contributed by atoms with van der Waals surface area (Å²) in [6.45, 7) is 0. The SMILES string of the molecule is Cn1ncc2c(=O)n(-c3ccccc3O)c(SCc3cccc(F)c3)nc21. The van der Waals surface area contributed by atoms with Crippen molar-refractivity contribution in [1.29, 1.82) is 0 Å². The minimum atomic E-state index is -0.323. The van der Waals surface area contributed by atoms with Gasteiger partial charge in [0.05, 0.1) is 11.9 Å². The van der Waals surface area contributed by atoms with E-state index in [2.05, 4.69) is 10.1 Å². The van der Waals surface area contributed by atoms with Crippen LogP contribution in [-0.2, 0) is 12.8 Å².